The molecule has 2 aromatic rings. The molecule has 0 saturated carbocycles. The van der Waals surface area contributed by atoms with Crippen molar-refractivity contribution >= 4 is 23.4 Å². The van der Waals surface area contributed by atoms with Crippen molar-refractivity contribution < 1.29 is 9.72 Å². The van der Waals surface area contributed by atoms with Gasteiger partial charge in [-0.05, 0) is 26.2 Å². The van der Waals surface area contributed by atoms with Crippen molar-refractivity contribution in [2.75, 3.05) is 11.7 Å². The van der Waals surface area contributed by atoms with Gasteiger partial charge in [0.15, 0.2) is 0 Å². The number of rotatable bonds is 4. The van der Waals surface area contributed by atoms with E-state index in [1.54, 1.807) is 19.9 Å². The molecule has 0 atom stereocenters. The quantitative estimate of drug-likeness (QED) is 0.526. The lowest BCUT2D eigenvalue weighted by molar-refractivity contribution is -0.385. The monoisotopic (exact) mass is 307 g/mol. The highest BCUT2D eigenvalue weighted by atomic mass is 32.2. The average Bonchev–Trinajstić information content (AvgIpc) is 2.79. The average molecular weight is 307 g/mol. The Morgan fingerprint density at radius 1 is 1.38 bits per heavy atom. The van der Waals surface area contributed by atoms with Crippen LogP contribution in [-0.4, -0.2) is 32.0 Å². The molecule has 1 amide bonds. The van der Waals surface area contributed by atoms with Gasteiger partial charge in [-0.25, -0.2) is 4.68 Å². The second kappa shape index (κ2) is 5.92. The fraction of sp³-hybridized carbons (Fsp3) is 0.250. The van der Waals surface area contributed by atoms with Crippen LogP contribution in [0.1, 0.15) is 21.7 Å². The van der Waals surface area contributed by atoms with Crippen molar-refractivity contribution in [2.45, 2.75) is 19.0 Å². The molecule has 1 aromatic carbocycles. The molecular formula is C12H13N5O3S. The van der Waals surface area contributed by atoms with Gasteiger partial charge in [0.25, 0.3) is 11.6 Å². The highest BCUT2D eigenvalue weighted by Crippen LogP contribution is 2.19. The molecule has 1 aromatic heterocycles. The third-order valence-corrected chi connectivity index (χ3v) is 3.49. The minimum Gasteiger partial charge on any atom is -0.267 e. The number of nitrogens with one attached hydrogen (secondary N) is 1. The Bertz CT molecular complexity index is 713. The maximum atomic E-state index is 12.2. The van der Waals surface area contributed by atoms with Gasteiger partial charge in [-0.1, -0.05) is 17.8 Å². The van der Waals surface area contributed by atoms with Crippen molar-refractivity contribution in [1.29, 1.82) is 0 Å². The summed E-state index contributed by atoms with van der Waals surface area (Å²) in [5.41, 5.74) is 3.23. The smallest absolute Gasteiger partial charge is 0.267 e. The molecule has 1 N–H and O–H groups in total. The van der Waals surface area contributed by atoms with E-state index in [0.717, 1.165) is 0 Å². The SMILES string of the molecule is CSc1nnc(C)n1NC(=O)c1ccc(C)c([N+](=O)[O-])c1. The summed E-state index contributed by atoms with van der Waals surface area (Å²) >= 11 is 1.33. The van der Waals surface area contributed by atoms with Crippen LogP contribution in [0.25, 0.3) is 0 Å². The lowest BCUT2D eigenvalue weighted by atomic mass is 10.1. The number of carbonyl (C=O) groups is 1. The first-order valence-electron chi connectivity index (χ1n) is 5.96. The summed E-state index contributed by atoms with van der Waals surface area (Å²) in [6.45, 7) is 3.32. The maximum Gasteiger partial charge on any atom is 0.273 e. The number of amides is 1. The Labute approximate surface area is 124 Å². The second-order valence-electron chi connectivity index (χ2n) is 4.27. The summed E-state index contributed by atoms with van der Waals surface area (Å²) in [5.74, 6) is 0.0608. The molecule has 9 heteroatoms. The van der Waals surface area contributed by atoms with Crippen LogP contribution in [0.15, 0.2) is 23.4 Å². The van der Waals surface area contributed by atoms with Gasteiger partial charge in [0.2, 0.25) is 5.16 Å². The molecule has 21 heavy (non-hydrogen) atoms. The predicted molar refractivity (Wildman–Crippen MR) is 78.1 cm³/mol. The summed E-state index contributed by atoms with van der Waals surface area (Å²) in [7, 11) is 0. The van der Waals surface area contributed by atoms with Crippen molar-refractivity contribution in [1.82, 2.24) is 14.9 Å². The van der Waals surface area contributed by atoms with E-state index >= 15 is 0 Å². The van der Waals surface area contributed by atoms with Crippen molar-refractivity contribution in [3.63, 3.8) is 0 Å². The molecule has 1 heterocycles. The number of hydrogen-bond donors (Lipinski definition) is 1. The van der Waals surface area contributed by atoms with Crippen molar-refractivity contribution in [2.24, 2.45) is 0 Å². The largest absolute Gasteiger partial charge is 0.273 e. The lowest BCUT2D eigenvalue weighted by Gasteiger charge is -2.09. The zero-order chi connectivity index (χ0) is 15.6. The highest BCUT2D eigenvalue weighted by molar-refractivity contribution is 7.98. The van der Waals surface area contributed by atoms with Gasteiger partial charge in [-0.2, -0.15) is 0 Å². The molecule has 0 aliphatic heterocycles. The van der Waals surface area contributed by atoms with Crippen LogP contribution in [0.4, 0.5) is 5.69 Å². The molecule has 0 bridgehead atoms. The Morgan fingerprint density at radius 3 is 2.71 bits per heavy atom. The lowest BCUT2D eigenvalue weighted by Crippen LogP contribution is -2.24. The van der Waals surface area contributed by atoms with E-state index < -0.39 is 10.8 Å². The third-order valence-electron chi connectivity index (χ3n) is 2.86. The maximum absolute atomic E-state index is 12.2. The normalized spacial score (nSPS) is 10.4. The van der Waals surface area contributed by atoms with Crippen molar-refractivity contribution in [3.8, 4) is 0 Å². The van der Waals surface area contributed by atoms with Crippen LogP contribution in [-0.2, 0) is 0 Å². The second-order valence-corrected chi connectivity index (χ2v) is 5.04. The number of carbonyl (C=O) groups excluding carboxylic acids is 1. The first kappa shape index (κ1) is 15.0. The molecule has 0 spiro atoms. The van der Waals surface area contributed by atoms with E-state index in [2.05, 4.69) is 15.6 Å². The fourth-order valence-corrected chi connectivity index (χ4v) is 2.20. The van der Waals surface area contributed by atoms with Gasteiger partial charge in [0.1, 0.15) is 5.82 Å². The Kier molecular flexibility index (Phi) is 4.22. The number of nitro groups is 1. The summed E-state index contributed by atoms with van der Waals surface area (Å²) in [6.07, 6.45) is 1.81. The number of nitro benzene ring substituents is 1. The summed E-state index contributed by atoms with van der Waals surface area (Å²) in [4.78, 5) is 22.6. The van der Waals surface area contributed by atoms with Crippen LogP contribution in [0.5, 0.6) is 0 Å². The fourth-order valence-electron chi connectivity index (χ4n) is 1.72. The van der Waals surface area contributed by atoms with Crippen LogP contribution in [0, 0.1) is 24.0 Å². The summed E-state index contributed by atoms with van der Waals surface area (Å²) in [6, 6.07) is 4.33. The summed E-state index contributed by atoms with van der Waals surface area (Å²) < 4.78 is 1.44. The van der Waals surface area contributed by atoms with E-state index in [1.807, 2.05) is 6.26 Å². The third kappa shape index (κ3) is 3.02. The molecule has 0 fully saturated rings. The predicted octanol–water partition coefficient (Wildman–Crippen LogP) is 1.91. The molecular weight excluding hydrogens is 294 g/mol. The Morgan fingerprint density at radius 2 is 2.10 bits per heavy atom. The van der Waals surface area contributed by atoms with Gasteiger partial charge < -0.3 is 0 Å². The molecule has 0 saturated heterocycles. The zero-order valence-corrected chi connectivity index (χ0v) is 12.5. The van der Waals surface area contributed by atoms with E-state index in [4.69, 9.17) is 0 Å². The van der Waals surface area contributed by atoms with Gasteiger partial charge in [-0.3, -0.25) is 20.3 Å². The van der Waals surface area contributed by atoms with E-state index in [-0.39, 0.29) is 11.3 Å². The number of nitrogens with zero attached hydrogens (tertiary/aromatic N) is 4. The molecule has 0 aliphatic rings. The molecule has 110 valence electrons. The van der Waals surface area contributed by atoms with Gasteiger partial charge >= 0.3 is 0 Å². The van der Waals surface area contributed by atoms with E-state index in [0.29, 0.717) is 16.5 Å². The standard InChI is InChI=1S/C12H13N5O3S/c1-7-4-5-9(6-10(7)17(19)20)11(18)15-16-8(2)13-14-12(16)21-3/h4-6H,1-3H3,(H,15,18). The van der Waals surface area contributed by atoms with Crippen LogP contribution in [0.2, 0.25) is 0 Å². The Hall–Kier alpha value is -2.42. The molecule has 2 rings (SSSR count). The minimum atomic E-state index is -0.510. The first-order valence-corrected chi connectivity index (χ1v) is 7.19. The summed E-state index contributed by atoms with van der Waals surface area (Å²) in [5, 5.41) is 19.2. The van der Waals surface area contributed by atoms with Crippen LogP contribution in [0.3, 0.4) is 0 Å². The first-order chi connectivity index (χ1) is 9.93. The van der Waals surface area contributed by atoms with Crippen molar-refractivity contribution in [3.05, 3.63) is 45.3 Å². The van der Waals surface area contributed by atoms with E-state index in [1.165, 1.54) is 28.6 Å². The number of aromatic nitrogens is 3. The number of aryl methyl sites for hydroxylation is 2. The number of thioether (sulfide) groups is 1. The van der Waals surface area contributed by atoms with Gasteiger partial charge in [0, 0.05) is 17.2 Å². The van der Waals surface area contributed by atoms with Crippen LogP contribution >= 0.6 is 11.8 Å². The molecule has 0 radical (unpaired) electrons. The van der Waals surface area contributed by atoms with Crippen LogP contribution < -0.4 is 5.43 Å². The minimum absolute atomic E-state index is 0.0896. The topological polar surface area (TPSA) is 103 Å². The van der Waals surface area contributed by atoms with E-state index in [9.17, 15) is 14.9 Å². The van der Waals surface area contributed by atoms with Gasteiger partial charge in [-0.15, -0.1) is 10.2 Å². The highest BCUT2D eigenvalue weighted by Gasteiger charge is 2.17. The molecule has 0 unspecified atom stereocenters. The number of hydrogen-bond acceptors (Lipinski definition) is 6. The zero-order valence-electron chi connectivity index (χ0n) is 11.7. The Balaban J connectivity index is 2.31. The molecule has 0 aliphatic carbocycles. The number of benzene rings is 1. The molecule has 8 nitrogen and oxygen atoms in total. The van der Waals surface area contributed by atoms with Gasteiger partial charge in [0.05, 0.1) is 4.92 Å².